The largest absolute Gasteiger partial charge is 0.377 e. The van der Waals surface area contributed by atoms with Gasteiger partial charge in [-0.1, -0.05) is 42.5 Å². The lowest BCUT2D eigenvalue weighted by Gasteiger charge is -2.39. The number of nitrogens with zero attached hydrogens (tertiary/aromatic N) is 2. The van der Waals surface area contributed by atoms with Crippen molar-refractivity contribution < 1.29 is 13.2 Å². The van der Waals surface area contributed by atoms with Gasteiger partial charge in [-0.3, -0.25) is 0 Å². The van der Waals surface area contributed by atoms with Gasteiger partial charge in [-0.05, 0) is 49.0 Å². The van der Waals surface area contributed by atoms with Gasteiger partial charge in [-0.25, -0.2) is 18.1 Å². The number of ether oxygens (including phenoxy) is 1. The molecule has 1 N–H and O–H groups in total. The molecule has 4 rings (SSSR count). The average Bonchev–Trinajstić information content (AvgIpc) is 2.79. The normalized spacial score (nSPS) is 24.6. The van der Waals surface area contributed by atoms with Gasteiger partial charge in [0.1, 0.15) is 5.82 Å². The first kappa shape index (κ1) is 22.0. The topological polar surface area (TPSA) is 71.5 Å². The highest BCUT2D eigenvalue weighted by Crippen LogP contribution is 2.29. The van der Waals surface area contributed by atoms with Crippen LogP contribution in [-0.2, 0) is 14.8 Å². The lowest BCUT2D eigenvalue weighted by atomic mass is 9.91. The van der Waals surface area contributed by atoms with Crippen molar-refractivity contribution in [3.05, 3.63) is 66.4 Å². The fourth-order valence-electron chi connectivity index (χ4n) is 4.52. The van der Waals surface area contributed by atoms with Crippen molar-refractivity contribution in [2.24, 2.45) is 5.92 Å². The number of hydrogen-bond acceptors (Lipinski definition) is 5. The van der Waals surface area contributed by atoms with Gasteiger partial charge in [0.15, 0.2) is 0 Å². The second kappa shape index (κ2) is 9.94. The van der Waals surface area contributed by atoms with Crippen LogP contribution in [0.5, 0.6) is 0 Å². The van der Waals surface area contributed by atoms with Gasteiger partial charge in [-0.15, -0.1) is 0 Å². The Labute approximate surface area is 185 Å². The maximum absolute atomic E-state index is 11.9. The van der Waals surface area contributed by atoms with Crippen molar-refractivity contribution in [1.82, 2.24) is 9.71 Å². The predicted molar refractivity (Wildman–Crippen MR) is 124 cm³/mol. The van der Waals surface area contributed by atoms with E-state index in [4.69, 9.17) is 4.74 Å². The molecule has 3 atom stereocenters. The number of allylic oxidation sites excluding steroid dienone is 1. The van der Waals surface area contributed by atoms with Crippen LogP contribution in [0.15, 0.2) is 60.8 Å². The Kier molecular flexibility index (Phi) is 7.05. The lowest BCUT2D eigenvalue weighted by Crippen LogP contribution is -2.52. The van der Waals surface area contributed by atoms with E-state index in [-0.39, 0.29) is 18.1 Å². The molecule has 0 bridgehead atoms. The quantitative estimate of drug-likeness (QED) is 0.712. The molecule has 1 fully saturated rings. The van der Waals surface area contributed by atoms with Crippen molar-refractivity contribution in [3.8, 4) is 0 Å². The van der Waals surface area contributed by atoms with Gasteiger partial charge in [0.05, 0.1) is 19.0 Å². The second-order valence-corrected chi connectivity index (χ2v) is 10.3. The highest BCUT2D eigenvalue weighted by Gasteiger charge is 2.32. The van der Waals surface area contributed by atoms with Crippen LogP contribution in [0.3, 0.4) is 0 Å². The minimum absolute atomic E-state index is 0.0741. The maximum atomic E-state index is 11.9. The van der Waals surface area contributed by atoms with Gasteiger partial charge in [0, 0.05) is 31.2 Å². The monoisotopic (exact) mass is 441 g/mol. The second-order valence-electron chi connectivity index (χ2n) is 8.50. The molecule has 0 amide bonds. The summed E-state index contributed by atoms with van der Waals surface area (Å²) < 4.78 is 32.9. The van der Waals surface area contributed by atoms with E-state index in [0.29, 0.717) is 6.61 Å². The molecule has 2 aliphatic rings. The smallest absolute Gasteiger partial charge is 0.208 e. The van der Waals surface area contributed by atoms with Crippen molar-refractivity contribution >= 4 is 21.4 Å². The van der Waals surface area contributed by atoms with Crippen LogP contribution in [0.25, 0.3) is 5.57 Å². The molecule has 1 aromatic heterocycles. The summed E-state index contributed by atoms with van der Waals surface area (Å²) in [5, 5.41) is 0. The molecular weight excluding hydrogens is 410 g/mol. The SMILES string of the molecule is CS(=O)(=O)N[C@H]1CCN(c2ccccn2)C[C@H]1CO[C@H]1CC=C(c2ccccc2)CC1. The zero-order valence-electron chi connectivity index (χ0n) is 18.0. The number of hydrogen-bond donors (Lipinski definition) is 1. The standard InChI is InChI=1S/C24H31N3O3S/c1-31(28,29)26-23-14-16-27(24-9-5-6-15-25-24)17-21(23)18-30-22-12-10-20(11-13-22)19-7-3-2-4-8-19/h2-10,15,21-23,26H,11-14,16-18H2,1H3/t21-,22-,23-/m0/s1. The third kappa shape index (κ3) is 6.15. The number of nitrogens with one attached hydrogen (secondary N) is 1. The van der Waals surface area contributed by atoms with Crippen LogP contribution in [-0.4, -0.2) is 51.5 Å². The minimum atomic E-state index is -3.27. The Morgan fingerprint density at radius 1 is 1.13 bits per heavy atom. The molecule has 7 heteroatoms. The summed E-state index contributed by atoms with van der Waals surface area (Å²) in [5.74, 6) is 1.00. The first-order valence-electron chi connectivity index (χ1n) is 11.0. The van der Waals surface area contributed by atoms with Crippen LogP contribution < -0.4 is 9.62 Å². The average molecular weight is 442 g/mol. The molecule has 166 valence electrons. The van der Waals surface area contributed by atoms with E-state index >= 15 is 0 Å². The summed E-state index contributed by atoms with van der Waals surface area (Å²) in [6, 6.07) is 16.3. The van der Waals surface area contributed by atoms with Crippen LogP contribution >= 0.6 is 0 Å². The summed E-state index contributed by atoms with van der Waals surface area (Å²) in [6.07, 6.45) is 9.11. The van der Waals surface area contributed by atoms with Crippen molar-refractivity contribution in [1.29, 1.82) is 0 Å². The molecule has 2 heterocycles. The molecule has 0 radical (unpaired) electrons. The molecule has 31 heavy (non-hydrogen) atoms. The molecule has 6 nitrogen and oxygen atoms in total. The van der Waals surface area contributed by atoms with Crippen molar-refractivity contribution in [2.45, 2.75) is 37.8 Å². The fourth-order valence-corrected chi connectivity index (χ4v) is 5.38. The zero-order valence-corrected chi connectivity index (χ0v) is 18.8. The number of sulfonamides is 1. The Balaban J connectivity index is 1.38. The molecule has 2 aromatic rings. The van der Waals surface area contributed by atoms with E-state index in [2.05, 4.69) is 44.9 Å². The highest BCUT2D eigenvalue weighted by atomic mass is 32.2. The number of aromatic nitrogens is 1. The zero-order chi connectivity index (χ0) is 21.7. The number of anilines is 1. The highest BCUT2D eigenvalue weighted by molar-refractivity contribution is 7.88. The number of benzene rings is 1. The number of pyridine rings is 1. The van der Waals surface area contributed by atoms with Crippen LogP contribution in [0.2, 0.25) is 0 Å². The van der Waals surface area contributed by atoms with Crippen LogP contribution in [0.4, 0.5) is 5.82 Å². The van der Waals surface area contributed by atoms with E-state index in [0.717, 1.165) is 44.6 Å². The van der Waals surface area contributed by atoms with Crippen LogP contribution in [0, 0.1) is 5.92 Å². The maximum Gasteiger partial charge on any atom is 0.208 e. The van der Waals surface area contributed by atoms with E-state index in [1.807, 2.05) is 24.3 Å². The Hall–Kier alpha value is -2.22. The Morgan fingerprint density at radius 3 is 2.61 bits per heavy atom. The summed E-state index contributed by atoms with van der Waals surface area (Å²) in [5.41, 5.74) is 2.67. The van der Waals surface area contributed by atoms with E-state index < -0.39 is 10.0 Å². The molecule has 1 saturated heterocycles. The third-order valence-corrected chi connectivity index (χ3v) is 6.86. The first-order chi connectivity index (χ1) is 15.0. The van der Waals surface area contributed by atoms with E-state index in [1.165, 1.54) is 17.4 Å². The van der Waals surface area contributed by atoms with Crippen LogP contribution in [0.1, 0.15) is 31.2 Å². The predicted octanol–water partition coefficient (Wildman–Crippen LogP) is 3.48. The molecule has 0 saturated carbocycles. The molecule has 1 aromatic carbocycles. The van der Waals surface area contributed by atoms with Gasteiger partial charge in [-0.2, -0.15) is 0 Å². The Bertz CT molecular complexity index is 980. The minimum Gasteiger partial charge on any atom is -0.377 e. The summed E-state index contributed by atoms with van der Waals surface area (Å²) in [6.45, 7) is 2.03. The van der Waals surface area contributed by atoms with E-state index in [9.17, 15) is 8.42 Å². The molecule has 1 aliphatic heterocycles. The molecular formula is C24H31N3O3S. The van der Waals surface area contributed by atoms with Gasteiger partial charge in [0.2, 0.25) is 10.0 Å². The fraction of sp³-hybridized carbons (Fsp3) is 0.458. The van der Waals surface area contributed by atoms with Crippen molar-refractivity contribution in [2.75, 3.05) is 30.9 Å². The summed E-state index contributed by atoms with van der Waals surface area (Å²) in [7, 11) is -3.27. The number of rotatable bonds is 7. The van der Waals surface area contributed by atoms with E-state index in [1.54, 1.807) is 6.20 Å². The Morgan fingerprint density at radius 2 is 1.94 bits per heavy atom. The molecule has 1 aliphatic carbocycles. The molecule has 0 unspecified atom stereocenters. The number of piperidine rings is 1. The summed E-state index contributed by atoms with van der Waals surface area (Å²) in [4.78, 5) is 6.69. The van der Waals surface area contributed by atoms with Gasteiger partial charge < -0.3 is 9.64 Å². The van der Waals surface area contributed by atoms with Gasteiger partial charge >= 0.3 is 0 Å². The molecule has 0 spiro atoms. The van der Waals surface area contributed by atoms with Crippen molar-refractivity contribution in [3.63, 3.8) is 0 Å². The van der Waals surface area contributed by atoms with Gasteiger partial charge in [0.25, 0.3) is 0 Å². The lowest BCUT2D eigenvalue weighted by molar-refractivity contribution is 0.0164. The summed E-state index contributed by atoms with van der Waals surface area (Å²) >= 11 is 0. The first-order valence-corrected chi connectivity index (χ1v) is 12.9. The third-order valence-electron chi connectivity index (χ3n) is 6.13.